The number of H-pyrrole nitrogens is 1. The van der Waals surface area contributed by atoms with E-state index in [4.69, 9.17) is 0 Å². The third kappa shape index (κ3) is 3.22. The highest BCUT2D eigenvalue weighted by molar-refractivity contribution is 6.03. The molecule has 1 aliphatic carbocycles. The molecule has 3 aromatic rings. The molecule has 1 amide bonds. The fourth-order valence-corrected chi connectivity index (χ4v) is 2.17. The van der Waals surface area contributed by atoms with Crippen molar-refractivity contribution in [2.75, 3.05) is 10.6 Å². The first-order chi connectivity index (χ1) is 11.8. The molecule has 0 spiro atoms. The highest BCUT2D eigenvalue weighted by atomic mass is 16.1. The van der Waals surface area contributed by atoms with E-state index in [1.165, 1.54) is 19.0 Å². The van der Waals surface area contributed by atoms with Crippen molar-refractivity contribution in [2.24, 2.45) is 0 Å². The predicted octanol–water partition coefficient (Wildman–Crippen LogP) is 2.09. The van der Waals surface area contributed by atoms with Gasteiger partial charge in [0, 0.05) is 18.4 Å². The highest BCUT2D eigenvalue weighted by Crippen LogP contribution is 2.23. The lowest BCUT2D eigenvalue weighted by Crippen LogP contribution is -2.13. The molecule has 4 rings (SSSR count). The number of hydrogen-bond acceptors (Lipinski definition) is 6. The van der Waals surface area contributed by atoms with Gasteiger partial charge >= 0.3 is 0 Å². The number of aromatic nitrogens is 5. The van der Waals surface area contributed by atoms with Crippen molar-refractivity contribution >= 4 is 17.7 Å². The summed E-state index contributed by atoms with van der Waals surface area (Å²) in [6.45, 7) is 0. The molecule has 3 N–H and O–H groups in total. The number of nitrogens with one attached hydrogen (secondary N) is 3. The lowest BCUT2D eigenvalue weighted by molar-refractivity contribution is 0.102. The smallest absolute Gasteiger partial charge is 0.259 e. The second-order valence-corrected chi connectivity index (χ2v) is 5.54. The van der Waals surface area contributed by atoms with Crippen molar-refractivity contribution < 1.29 is 4.79 Å². The summed E-state index contributed by atoms with van der Waals surface area (Å²) in [6.07, 6.45) is 5.55. The number of carbonyl (C=O) groups excluding carboxylic acids is 1. The van der Waals surface area contributed by atoms with Crippen LogP contribution in [0.25, 0.3) is 11.5 Å². The molecule has 0 unspecified atom stereocenters. The molecule has 3 aromatic heterocycles. The van der Waals surface area contributed by atoms with Crippen molar-refractivity contribution in [1.29, 1.82) is 0 Å². The topological polar surface area (TPSA) is 108 Å². The maximum absolute atomic E-state index is 12.2. The zero-order valence-corrected chi connectivity index (χ0v) is 12.7. The summed E-state index contributed by atoms with van der Waals surface area (Å²) in [4.78, 5) is 23.6. The fourth-order valence-electron chi connectivity index (χ4n) is 2.17. The summed E-state index contributed by atoms with van der Waals surface area (Å²) in [6, 6.07) is 9.53. The van der Waals surface area contributed by atoms with Crippen LogP contribution in [0.2, 0.25) is 0 Å². The number of anilines is 2. The van der Waals surface area contributed by atoms with Crippen LogP contribution in [0.4, 0.5) is 11.8 Å². The Labute approximate surface area is 137 Å². The van der Waals surface area contributed by atoms with E-state index in [2.05, 4.69) is 35.8 Å². The molecule has 120 valence electrons. The maximum Gasteiger partial charge on any atom is 0.259 e. The van der Waals surface area contributed by atoms with E-state index < -0.39 is 0 Å². The zero-order chi connectivity index (χ0) is 16.4. The van der Waals surface area contributed by atoms with Crippen LogP contribution in [-0.4, -0.2) is 37.1 Å². The molecule has 0 saturated heterocycles. The van der Waals surface area contributed by atoms with Gasteiger partial charge in [0.2, 0.25) is 5.95 Å². The van der Waals surface area contributed by atoms with E-state index in [0.29, 0.717) is 23.1 Å². The Balaban J connectivity index is 1.43. The molecule has 0 atom stereocenters. The first-order valence-corrected chi connectivity index (χ1v) is 7.66. The second-order valence-electron chi connectivity index (χ2n) is 5.54. The van der Waals surface area contributed by atoms with Crippen LogP contribution in [-0.2, 0) is 0 Å². The van der Waals surface area contributed by atoms with Gasteiger partial charge in [-0.3, -0.25) is 15.1 Å². The van der Waals surface area contributed by atoms with Gasteiger partial charge in [-0.1, -0.05) is 6.07 Å². The minimum Gasteiger partial charge on any atom is -0.367 e. The first kappa shape index (κ1) is 14.3. The minimum absolute atomic E-state index is 0.265. The van der Waals surface area contributed by atoms with Gasteiger partial charge in [0.05, 0.1) is 5.56 Å². The molecule has 1 fully saturated rings. The third-order valence-electron chi connectivity index (χ3n) is 3.58. The Hall–Kier alpha value is -3.29. The summed E-state index contributed by atoms with van der Waals surface area (Å²) < 4.78 is 0. The number of carbonyl (C=O) groups is 1. The van der Waals surface area contributed by atoms with E-state index in [1.54, 1.807) is 18.3 Å². The standard InChI is InChI=1S/C16H15N7O/c24-15(10-4-7-13(18-9-10)19-11-5-6-11)21-16-20-14(22-23-16)12-3-1-2-8-17-12/h1-4,7-9,11H,5-6H2,(H,18,19)(H2,20,21,22,23,24). The minimum atomic E-state index is -0.302. The molecular formula is C16H15N7O. The molecule has 1 aliphatic rings. The molecule has 0 radical (unpaired) electrons. The maximum atomic E-state index is 12.2. The molecule has 8 nitrogen and oxygen atoms in total. The summed E-state index contributed by atoms with van der Waals surface area (Å²) in [5, 5.41) is 13.8. The summed E-state index contributed by atoms with van der Waals surface area (Å²) in [5.41, 5.74) is 1.11. The summed E-state index contributed by atoms with van der Waals surface area (Å²) >= 11 is 0. The van der Waals surface area contributed by atoms with Crippen molar-refractivity contribution in [1.82, 2.24) is 25.1 Å². The van der Waals surface area contributed by atoms with Crippen LogP contribution < -0.4 is 10.6 Å². The SMILES string of the molecule is O=C(Nc1nnc(-c2ccccn2)[nH]1)c1ccc(NC2CC2)nc1. The summed E-state index contributed by atoms with van der Waals surface area (Å²) in [7, 11) is 0. The Morgan fingerprint density at radius 3 is 2.75 bits per heavy atom. The van der Waals surface area contributed by atoms with E-state index in [1.807, 2.05) is 18.2 Å². The van der Waals surface area contributed by atoms with Gasteiger partial charge in [-0.2, -0.15) is 0 Å². The number of rotatable bonds is 5. The Morgan fingerprint density at radius 1 is 1.12 bits per heavy atom. The average Bonchev–Trinajstić information content (AvgIpc) is 3.31. The van der Waals surface area contributed by atoms with Gasteiger partial charge in [0.1, 0.15) is 11.5 Å². The monoisotopic (exact) mass is 321 g/mol. The van der Waals surface area contributed by atoms with Gasteiger partial charge in [-0.25, -0.2) is 4.98 Å². The number of amides is 1. The largest absolute Gasteiger partial charge is 0.367 e. The van der Waals surface area contributed by atoms with Crippen LogP contribution >= 0.6 is 0 Å². The van der Waals surface area contributed by atoms with E-state index in [-0.39, 0.29) is 11.9 Å². The lowest BCUT2D eigenvalue weighted by atomic mass is 10.2. The fraction of sp³-hybridized carbons (Fsp3) is 0.188. The van der Waals surface area contributed by atoms with Crippen molar-refractivity contribution in [3.8, 4) is 11.5 Å². The Bertz CT molecular complexity index is 840. The van der Waals surface area contributed by atoms with E-state index >= 15 is 0 Å². The molecule has 8 heteroatoms. The van der Waals surface area contributed by atoms with E-state index in [0.717, 1.165) is 5.82 Å². The van der Waals surface area contributed by atoms with Crippen LogP contribution in [0.3, 0.4) is 0 Å². The molecule has 3 heterocycles. The number of hydrogen-bond donors (Lipinski definition) is 3. The zero-order valence-electron chi connectivity index (χ0n) is 12.7. The van der Waals surface area contributed by atoms with Gasteiger partial charge < -0.3 is 10.3 Å². The van der Waals surface area contributed by atoms with Gasteiger partial charge in [0.15, 0.2) is 5.82 Å². The first-order valence-electron chi connectivity index (χ1n) is 7.66. The van der Waals surface area contributed by atoms with Crippen molar-refractivity contribution in [2.45, 2.75) is 18.9 Å². The molecule has 0 aromatic carbocycles. The predicted molar refractivity (Wildman–Crippen MR) is 88.4 cm³/mol. The van der Waals surface area contributed by atoms with Crippen LogP contribution in [0.1, 0.15) is 23.2 Å². The Kier molecular flexibility index (Phi) is 3.62. The van der Waals surface area contributed by atoms with Gasteiger partial charge in [-0.05, 0) is 37.1 Å². The third-order valence-corrected chi connectivity index (χ3v) is 3.58. The molecule has 24 heavy (non-hydrogen) atoms. The molecular weight excluding hydrogens is 306 g/mol. The number of nitrogens with zero attached hydrogens (tertiary/aromatic N) is 4. The van der Waals surface area contributed by atoms with Crippen LogP contribution in [0.5, 0.6) is 0 Å². The van der Waals surface area contributed by atoms with Crippen LogP contribution in [0, 0.1) is 0 Å². The lowest BCUT2D eigenvalue weighted by Gasteiger charge is -2.04. The summed E-state index contributed by atoms with van der Waals surface area (Å²) in [5.74, 6) is 1.24. The normalized spacial score (nSPS) is 13.5. The van der Waals surface area contributed by atoms with Gasteiger partial charge in [0.25, 0.3) is 5.91 Å². The average molecular weight is 321 g/mol. The number of aromatic amines is 1. The molecule has 0 bridgehead atoms. The number of pyridine rings is 2. The second kappa shape index (κ2) is 6.07. The van der Waals surface area contributed by atoms with Crippen molar-refractivity contribution in [3.63, 3.8) is 0 Å². The molecule has 0 aliphatic heterocycles. The Morgan fingerprint density at radius 2 is 2.04 bits per heavy atom. The van der Waals surface area contributed by atoms with Crippen molar-refractivity contribution in [3.05, 3.63) is 48.3 Å². The van der Waals surface area contributed by atoms with Crippen LogP contribution in [0.15, 0.2) is 42.7 Å². The molecule has 1 saturated carbocycles. The van der Waals surface area contributed by atoms with E-state index in [9.17, 15) is 4.79 Å². The quantitative estimate of drug-likeness (QED) is 0.664. The highest BCUT2D eigenvalue weighted by Gasteiger charge is 2.21. The van der Waals surface area contributed by atoms with Gasteiger partial charge in [-0.15, -0.1) is 10.2 Å².